The highest BCUT2D eigenvalue weighted by Crippen LogP contribution is 2.50. The molecule has 0 radical (unpaired) electrons. The van der Waals surface area contributed by atoms with Crippen LogP contribution >= 0.6 is 11.6 Å². The summed E-state index contributed by atoms with van der Waals surface area (Å²) in [5.41, 5.74) is 2.62. The van der Waals surface area contributed by atoms with E-state index >= 15 is 0 Å². The highest BCUT2D eigenvalue weighted by atomic mass is 35.5. The lowest BCUT2D eigenvalue weighted by atomic mass is 9.90. The first-order chi connectivity index (χ1) is 15.0. The quantitative estimate of drug-likeness (QED) is 0.700. The van der Waals surface area contributed by atoms with E-state index in [1.807, 2.05) is 42.2 Å². The molecule has 0 N–H and O–H groups in total. The van der Waals surface area contributed by atoms with Crippen molar-refractivity contribution in [1.82, 2.24) is 9.91 Å². The van der Waals surface area contributed by atoms with E-state index in [9.17, 15) is 4.79 Å². The fourth-order valence-electron chi connectivity index (χ4n) is 4.84. The molecule has 1 amide bonds. The van der Waals surface area contributed by atoms with Crippen molar-refractivity contribution in [3.63, 3.8) is 0 Å². The van der Waals surface area contributed by atoms with Gasteiger partial charge in [0.1, 0.15) is 11.5 Å². The van der Waals surface area contributed by atoms with E-state index in [-0.39, 0.29) is 11.9 Å². The van der Waals surface area contributed by atoms with Crippen LogP contribution in [0.5, 0.6) is 11.5 Å². The van der Waals surface area contributed by atoms with Crippen LogP contribution in [-0.4, -0.2) is 46.9 Å². The second-order valence-corrected chi connectivity index (χ2v) is 8.74. The van der Waals surface area contributed by atoms with Gasteiger partial charge < -0.3 is 14.4 Å². The minimum Gasteiger partial charge on any atom is -0.494 e. The maximum absolute atomic E-state index is 11.9. The fourth-order valence-corrected chi connectivity index (χ4v) is 5.02. The van der Waals surface area contributed by atoms with Crippen molar-refractivity contribution in [2.45, 2.75) is 44.9 Å². The molecule has 1 spiro atoms. The van der Waals surface area contributed by atoms with Crippen LogP contribution in [0.15, 0.2) is 47.6 Å². The number of piperidine rings is 1. The van der Waals surface area contributed by atoms with Crippen molar-refractivity contribution in [3.05, 3.63) is 58.6 Å². The van der Waals surface area contributed by atoms with E-state index in [1.165, 1.54) is 0 Å². The molecule has 3 aliphatic heterocycles. The van der Waals surface area contributed by atoms with Crippen molar-refractivity contribution in [2.24, 2.45) is 5.10 Å². The Bertz CT molecular complexity index is 1030. The Morgan fingerprint density at radius 2 is 1.97 bits per heavy atom. The van der Waals surface area contributed by atoms with Crippen LogP contribution in [0.25, 0.3) is 0 Å². The number of nitrogens with zero attached hydrogens (tertiary/aromatic N) is 3. The maximum Gasteiger partial charge on any atom is 0.219 e. The summed E-state index contributed by atoms with van der Waals surface area (Å²) in [7, 11) is 0. The van der Waals surface area contributed by atoms with Gasteiger partial charge in [0.15, 0.2) is 0 Å². The number of amides is 1. The Kier molecular flexibility index (Phi) is 5.05. The van der Waals surface area contributed by atoms with Crippen LogP contribution in [0.2, 0.25) is 5.02 Å². The number of ether oxygens (including phenoxy) is 2. The number of hydrogen-bond donors (Lipinski definition) is 0. The summed E-state index contributed by atoms with van der Waals surface area (Å²) in [4.78, 5) is 13.7. The van der Waals surface area contributed by atoms with Gasteiger partial charge in [0.05, 0.1) is 18.4 Å². The lowest BCUT2D eigenvalue weighted by Crippen LogP contribution is -2.59. The van der Waals surface area contributed by atoms with Crippen molar-refractivity contribution in [2.75, 3.05) is 19.7 Å². The third-order valence-electron chi connectivity index (χ3n) is 6.45. The lowest BCUT2D eigenvalue weighted by molar-refractivity contribution is -0.158. The van der Waals surface area contributed by atoms with Crippen molar-refractivity contribution in [1.29, 1.82) is 0 Å². The van der Waals surface area contributed by atoms with Crippen molar-refractivity contribution < 1.29 is 14.3 Å². The number of hydrazone groups is 1. The predicted molar refractivity (Wildman–Crippen MR) is 120 cm³/mol. The van der Waals surface area contributed by atoms with Crippen LogP contribution in [0.4, 0.5) is 0 Å². The Morgan fingerprint density at radius 1 is 1.23 bits per heavy atom. The summed E-state index contributed by atoms with van der Waals surface area (Å²) in [6.45, 7) is 5.57. The summed E-state index contributed by atoms with van der Waals surface area (Å²) < 4.78 is 12.2. The zero-order valence-electron chi connectivity index (χ0n) is 17.8. The molecule has 0 aromatic heterocycles. The molecule has 0 saturated carbocycles. The fraction of sp³-hybridized carbons (Fsp3) is 0.417. The number of carbonyl (C=O) groups is 1. The molecule has 1 saturated heterocycles. The summed E-state index contributed by atoms with van der Waals surface area (Å²) in [6.07, 6.45) is 2.21. The summed E-state index contributed by atoms with van der Waals surface area (Å²) in [6, 6.07) is 14.0. The lowest BCUT2D eigenvalue weighted by Gasteiger charge is -2.51. The molecule has 162 valence electrons. The van der Waals surface area contributed by atoms with Gasteiger partial charge in [-0.1, -0.05) is 11.6 Å². The molecular weight excluding hydrogens is 414 g/mol. The largest absolute Gasteiger partial charge is 0.494 e. The highest BCUT2D eigenvalue weighted by Gasteiger charge is 2.52. The Hall–Kier alpha value is -2.73. The predicted octanol–water partition coefficient (Wildman–Crippen LogP) is 4.62. The van der Waals surface area contributed by atoms with Gasteiger partial charge in [0, 0.05) is 49.9 Å². The molecule has 6 nitrogen and oxygen atoms in total. The van der Waals surface area contributed by atoms with Crippen LogP contribution in [0, 0.1) is 0 Å². The Morgan fingerprint density at radius 3 is 2.65 bits per heavy atom. The highest BCUT2D eigenvalue weighted by molar-refractivity contribution is 6.30. The van der Waals surface area contributed by atoms with Gasteiger partial charge in [-0.15, -0.1) is 0 Å². The second kappa shape index (κ2) is 7.75. The average molecular weight is 440 g/mol. The van der Waals surface area contributed by atoms with E-state index in [0.717, 1.165) is 34.8 Å². The maximum atomic E-state index is 11.9. The van der Waals surface area contributed by atoms with Gasteiger partial charge in [0.2, 0.25) is 11.6 Å². The summed E-state index contributed by atoms with van der Waals surface area (Å²) in [5.74, 6) is 1.83. The molecular formula is C24H26ClN3O3. The first-order valence-corrected chi connectivity index (χ1v) is 11.2. The van der Waals surface area contributed by atoms with E-state index in [0.29, 0.717) is 37.6 Å². The molecule has 0 unspecified atom stereocenters. The number of carbonyl (C=O) groups excluding carboxylic acids is 1. The first-order valence-electron chi connectivity index (χ1n) is 10.8. The Labute approximate surface area is 187 Å². The first kappa shape index (κ1) is 20.2. The van der Waals surface area contributed by atoms with E-state index in [1.54, 1.807) is 6.92 Å². The minimum atomic E-state index is -0.551. The average Bonchev–Trinajstić information content (AvgIpc) is 3.23. The Balaban J connectivity index is 1.50. The molecule has 3 heterocycles. The van der Waals surface area contributed by atoms with Crippen molar-refractivity contribution in [3.8, 4) is 11.5 Å². The van der Waals surface area contributed by atoms with Gasteiger partial charge >= 0.3 is 0 Å². The molecule has 7 heteroatoms. The number of halogens is 1. The van der Waals surface area contributed by atoms with Crippen LogP contribution in [-0.2, 0) is 4.79 Å². The number of rotatable bonds is 3. The molecule has 0 aliphatic carbocycles. The standard InChI is InChI=1S/C24H26ClN3O3/c1-3-30-19-7-4-17(5-8-19)21-15-22-20-14-18(25)6-9-23(20)31-24(28(22)26-21)10-12-27(13-11-24)16(2)29/h4-9,14,22H,3,10-13,15H2,1-2H3/t22-/m1/s1. The van der Waals surface area contributed by atoms with Crippen LogP contribution in [0.1, 0.15) is 50.3 Å². The molecule has 2 aromatic carbocycles. The molecule has 3 aliphatic rings. The normalized spacial score (nSPS) is 21.3. The number of likely N-dealkylation sites (tertiary alicyclic amines) is 1. The van der Waals surface area contributed by atoms with Crippen LogP contribution < -0.4 is 9.47 Å². The zero-order chi connectivity index (χ0) is 21.6. The molecule has 1 fully saturated rings. The number of fused-ring (bicyclic) bond motifs is 4. The topological polar surface area (TPSA) is 54.4 Å². The van der Waals surface area contributed by atoms with Gasteiger partial charge in [-0.2, -0.15) is 5.10 Å². The smallest absolute Gasteiger partial charge is 0.219 e. The van der Waals surface area contributed by atoms with Gasteiger partial charge in [-0.3, -0.25) is 4.79 Å². The second-order valence-electron chi connectivity index (χ2n) is 8.31. The number of benzene rings is 2. The van der Waals surface area contributed by atoms with E-state index in [2.05, 4.69) is 17.1 Å². The van der Waals surface area contributed by atoms with Crippen LogP contribution in [0.3, 0.4) is 0 Å². The summed E-state index contributed by atoms with van der Waals surface area (Å²) >= 11 is 6.33. The minimum absolute atomic E-state index is 0.0629. The number of hydrogen-bond acceptors (Lipinski definition) is 5. The third-order valence-corrected chi connectivity index (χ3v) is 6.68. The molecule has 1 atom stereocenters. The van der Waals surface area contributed by atoms with Gasteiger partial charge in [-0.05, 0) is 55.0 Å². The van der Waals surface area contributed by atoms with E-state index in [4.69, 9.17) is 26.2 Å². The molecule has 0 bridgehead atoms. The van der Waals surface area contributed by atoms with Crippen molar-refractivity contribution >= 4 is 23.2 Å². The molecule has 5 rings (SSSR count). The third kappa shape index (κ3) is 3.53. The van der Waals surface area contributed by atoms with Gasteiger partial charge in [-0.25, -0.2) is 5.01 Å². The SMILES string of the molecule is CCOc1ccc(C2=NN3[C@H](C2)c2cc(Cl)ccc2OC32CCN(C(C)=O)CC2)cc1. The molecule has 2 aromatic rings. The zero-order valence-corrected chi connectivity index (χ0v) is 18.6. The summed E-state index contributed by atoms with van der Waals surface area (Å²) in [5, 5.41) is 7.90. The van der Waals surface area contributed by atoms with E-state index < -0.39 is 5.72 Å². The monoisotopic (exact) mass is 439 g/mol. The van der Waals surface area contributed by atoms with Gasteiger partial charge in [0.25, 0.3) is 0 Å². The molecule has 31 heavy (non-hydrogen) atoms.